The number of hydrogen-bond donors (Lipinski definition) is 0. The van der Waals surface area contributed by atoms with Gasteiger partial charge in [0.1, 0.15) is 0 Å². The minimum atomic E-state index is -0.935. The van der Waals surface area contributed by atoms with E-state index < -0.39 is 19.8 Å². The summed E-state index contributed by atoms with van der Waals surface area (Å²) in [7, 11) is 0. The van der Waals surface area contributed by atoms with Crippen molar-refractivity contribution in [1.82, 2.24) is 0 Å². The number of rotatable bonds is 1. The van der Waals surface area contributed by atoms with Crippen molar-refractivity contribution in [2.75, 3.05) is 4.43 Å². The van der Waals surface area contributed by atoms with Gasteiger partial charge in [-0.1, -0.05) is 6.07 Å². The van der Waals surface area contributed by atoms with E-state index in [0.717, 1.165) is 22.2 Å². The van der Waals surface area contributed by atoms with Crippen LogP contribution in [0, 0.1) is 0 Å². The van der Waals surface area contributed by atoms with Gasteiger partial charge in [0.2, 0.25) is 0 Å². The summed E-state index contributed by atoms with van der Waals surface area (Å²) in [6.45, 7) is 2.41. The zero-order valence-corrected chi connectivity index (χ0v) is 17.5. The van der Waals surface area contributed by atoms with Gasteiger partial charge in [-0.25, -0.2) is 0 Å². The molecule has 3 aromatic carbocycles. The van der Waals surface area contributed by atoms with E-state index in [1.807, 2.05) is 0 Å². The molecule has 2 aromatic heterocycles. The molecule has 0 radical (unpaired) electrons. The predicted octanol–water partition coefficient (Wildman–Crippen LogP) is 5.81. The normalized spacial score (nSPS) is 21.4. The molecule has 0 spiro atoms. The molecule has 0 aliphatic carbocycles. The average Bonchev–Trinajstić information content (AvgIpc) is 3.08. The maximum atomic E-state index is 6.22. The molecule has 0 saturated carbocycles. The van der Waals surface area contributed by atoms with Crippen LogP contribution >= 0.6 is 19.8 Å². The fourth-order valence-electron chi connectivity index (χ4n) is 4.39. The number of halogens is 1. The average molecular weight is 476 g/mol. The molecule has 0 bridgehead atoms. The van der Waals surface area contributed by atoms with E-state index in [1.54, 1.807) is 0 Å². The second-order valence-corrected chi connectivity index (χ2v) is 14.1. The molecule has 1 saturated heterocycles. The van der Waals surface area contributed by atoms with Crippen molar-refractivity contribution in [3.8, 4) is 11.1 Å². The van der Waals surface area contributed by atoms with Crippen molar-refractivity contribution in [1.29, 1.82) is 0 Å². The van der Waals surface area contributed by atoms with Crippen LogP contribution in [0.3, 0.4) is 0 Å². The molecule has 2 nitrogen and oxygen atoms in total. The van der Waals surface area contributed by atoms with Crippen molar-refractivity contribution in [3.05, 3.63) is 71.3 Å². The van der Waals surface area contributed by atoms with Crippen molar-refractivity contribution in [2.45, 2.75) is 10.3 Å². The first-order valence-corrected chi connectivity index (χ1v) is 13.4. The van der Waals surface area contributed by atoms with Crippen LogP contribution in [0.2, 0.25) is 0 Å². The first-order valence-electron chi connectivity index (χ1n) is 9.51. The minimum absolute atomic E-state index is 0.474. The van der Waals surface area contributed by atoms with Crippen LogP contribution in [0.5, 0.6) is 0 Å². The molecule has 2 aliphatic heterocycles. The van der Waals surface area contributed by atoms with E-state index in [0.29, 0.717) is 3.42 Å². The van der Waals surface area contributed by atoms with E-state index >= 15 is 0 Å². The van der Waals surface area contributed by atoms with E-state index in [1.165, 1.54) is 36.9 Å². The maximum absolute atomic E-state index is 6.22. The Labute approximate surface area is 168 Å². The van der Waals surface area contributed by atoms with E-state index in [9.17, 15) is 0 Å². The fraction of sp³-hybridized carbons (Fsp3) is 0.120. The number of fused-ring (bicyclic) bond motifs is 7. The second kappa shape index (κ2) is 5.09. The standard InChI is InChI=1S/C25H17IO2/c1-25-12-20-19-10-18-17-9-16(15-5-3-2-4-6-15)7-8-21(17)27-22(18)11-23(19)28-24(20)13-26(25)14-25/h2-13H,14H2,1H3. The predicted molar refractivity (Wildman–Crippen MR) is 124 cm³/mol. The fourth-order valence-corrected chi connectivity index (χ4v) is 9.98. The van der Waals surface area contributed by atoms with Gasteiger partial charge in [0, 0.05) is 0 Å². The molecule has 1 unspecified atom stereocenters. The van der Waals surface area contributed by atoms with Gasteiger partial charge >= 0.3 is 163 Å². The SMILES string of the molecule is CC12C=c3c(oc4cc5oc6ccc(-c7ccccc7)cc6c5cc34)=CI1C2. The third kappa shape index (κ3) is 2.03. The summed E-state index contributed by atoms with van der Waals surface area (Å²) in [5.74, 6) is 0. The van der Waals surface area contributed by atoms with Crippen molar-refractivity contribution < 1.29 is 8.83 Å². The molecular weight excluding hydrogens is 459 g/mol. The Kier molecular flexibility index (Phi) is 2.80. The zero-order chi connectivity index (χ0) is 18.5. The van der Waals surface area contributed by atoms with Gasteiger partial charge in [-0.05, 0) is 0 Å². The Morgan fingerprint density at radius 3 is 2.50 bits per heavy atom. The van der Waals surface area contributed by atoms with Gasteiger partial charge in [0.25, 0.3) is 0 Å². The quantitative estimate of drug-likeness (QED) is 0.226. The number of benzene rings is 3. The molecule has 28 heavy (non-hydrogen) atoms. The van der Waals surface area contributed by atoms with Crippen LogP contribution < -0.4 is 10.6 Å². The Bertz CT molecular complexity index is 1560. The summed E-state index contributed by atoms with van der Waals surface area (Å²) in [6, 6.07) is 21.3. The third-order valence-corrected chi connectivity index (χ3v) is 12.7. The topological polar surface area (TPSA) is 26.3 Å². The van der Waals surface area contributed by atoms with Crippen molar-refractivity contribution in [3.63, 3.8) is 0 Å². The Hall–Kier alpha value is -2.53. The molecule has 2 aliphatic rings. The van der Waals surface area contributed by atoms with E-state index in [2.05, 4.69) is 77.7 Å². The van der Waals surface area contributed by atoms with Gasteiger partial charge in [0.05, 0.1) is 0 Å². The summed E-state index contributed by atoms with van der Waals surface area (Å²) in [4.78, 5) is 0. The summed E-state index contributed by atoms with van der Waals surface area (Å²) >= 11 is -0.935. The van der Waals surface area contributed by atoms with Crippen LogP contribution in [0.25, 0.3) is 54.2 Å². The molecule has 3 heteroatoms. The van der Waals surface area contributed by atoms with Crippen LogP contribution in [-0.4, -0.2) is 7.85 Å². The first kappa shape index (κ1) is 15.4. The van der Waals surface area contributed by atoms with E-state index in [-0.39, 0.29) is 0 Å². The van der Waals surface area contributed by atoms with Gasteiger partial charge in [0.15, 0.2) is 0 Å². The molecule has 5 aromatic rings. The van der Waals surface area contributed by atoms with Gasteiger partial charge < -0.3 is 0 Å². The van der Waals surface area contributed by atoms with Crippen LogP contribution in [0.1, 0.15) is 6.92 Å². The van der Waals surface area contributed by atoms with Gasteiger partial charge in [-0.3, -0.25) is 0 Å². The second-order valence-electron chi connectivity index (χ2n) is 7.97. The molecule has 0 N–H and O–H groups in total. The molecular formula is C25H17IO2. The van der Waals surface area contributed by atoms with Crippen molar-refractivity contribution in [2.24, 2.45) is 0 Å². The summed E-state index contributed by atoms with van der Waals surface area (Å²) in [5, 5.41) is 4.84. The molecule has 0 amide bonds. The first-order chi connectivity index (χ1) is 13.7. The summed E-state index contributed by atoms with van der Waals surface area (Å²) in [5.41, 5.74) is 6.29. The van der Waals surface area contributed by atoms with Crippen molar-refractivity contribution >= 4 is 62.9 Å². The Morgan fingerprint density at radius 2 is 1.61 bits per heavy atom. The third-order valence-electron chi connectivity index (χ3n) is 6.01. The summed E-state index contributed by atoms with van der Waals surface area (Å²) in [6.07, 6.45) is 2.49. The molecule has 1 atom stereocenters. The Morgan fingerprint density at radius 1 is 0.786 bits per heavy atom. The molecule has 1 fully saturated rings. The number of hydrogen-bond acceptors (Lipinski definition) is 2. The molecule has 7 rings (SSSR count). The Balaban J connectivity index is 1.55. The van der Waals surface area contributed by atoms with Crippen LogP contribution in [-0.2, 0) is 0 Å². The molecule has 136 valence electrons. The molecule has 4 heterocycles. The van der Waals surface area contributed by atoms with Crippen LogP contribution in [0.15, 0.2) is 69.5 Å². The zero-order valence-electron chi connectivity index (χ0n) is 15.3. The van der Waals surface area contributed by atoms with Gasteiger partial charge in [-0.15, -0.1) is 0 Å². The van der Waals surface area contributed by atoms with Crippen LogP contribution in [0.4, 0.5) is 0 Å². The van der Waals surface area contributed by atoms with E-state index in [4.69, 9.17) is 8.83 Å². The monoisotopic (exact) mass is 476 g/mol. The number of alkyl halides is 2. The summed E-state index contributed by atoms with van der Waals surface area (Å²) < 4.78 is 16.7. The van der Waals surface area contributed by atoms with Gasteiger partial charge in [-0.2, -0.15) is 0 Å². The number of furan rings is 2.